The van der Waals surface area contributed by atoms with Gasteiger partial charge >= 0.3 is 0 Å². The van der Waals surface area contributed by atoms with E-state index in [0.717, 1.165) is 56.3 Å². The van der Waals surface area contributed by atoms with E-state index in [1.54, 1.807) is 0 Å². The van der Waals surface area contributed by atoms with Crippen LogP contribution in [0.2, 0.25) is 0 Å². The molecule has 11 rings (SSSR count). The van der Waals surface area contributed by atoms with Crippen LogP contribution in [0.15, 0.2) is 249 Å². The van der Waals surface area contributed by atoms with Crippen LogP contribution in [0.1, 0.15) is 0 Å². The van der Waals surface area contributed by atoms with Crippen LogP contribution < -0.4 is 10.6 Å². The molecule has 1 aromatic heterocycles. The Labute approximate surface area is 368 Å². The topological polar surface area (TPSA) is 29.0 Å². The predicted molar refractivity (Wildman–Crippen MR) is 267 cm³/mol. The van der Waals surface area contributed by atoms with E-state index < -0.39 is 0 Å². The number of aromatic nitrogens is 1. The first-order chi connectivity index (χ1) is 31.2. The Balaban J connectivity index is 1.02. The number of nitrogens with one attached hydrogen (secondary N) is 2. The van der Waals surface area contributed by atoms with Crippen LogP contribution in [0.3, 0.4) is 0 Å². The van der Waals surface area contributed by atoms with Crippen LogP contribution >= 0.6 is 0 Å². The fourth-order valence-electron chi connectivity index (χ4n) is 8.96. The Hall–Kier alpha value is -8.40. The van der Waals surface area contributed by atoms with E-state index in [1.807, 2.05) is 0 Å². The number of anilines is 4. The van der Waals surface area contributed by atoms with E-state index in [9.17, 15) is 0 Å². The SMILES string of the molecule is c1ccc(-c2ccc(Nc3ccccc3-c3cccc(-c4ccc(Nc5cccc(-c6ccccc6)c5)c(-c5cccc6c5c5ccccc5n6-c5ccccc5)c4)c3)cc2)cc1. The fourth-order valence-corrected chi connectivity index (χ4v) is 8.96. The van der Waals surface area contributed by atoms with Gasteiger partial charge in [-0.2, -0.15) is 0 Å². The molecule has 0 atom stereocenters. The molecule has 11 aromatic rings. The zero-order valence-corrected chi connectivity index (χ0v) is 34.6. The molecule has 0 saturated heterocycles. The van der Waals surface area contributed by atoms with Gasteiger partial charge in [-0.15, -0.1) is 0 Å². The summed E-state index contributed by atoms with van der Waals surface area (Å²) in [5, 5.41) is 10.0. The third kappa shape index (κ3) is 7.43. The van der Waals surface area contributed by atoms with E-state index in [-0.39, 0.29) is 0 Å². The molecular formula is C60H43N3. The third-order valence-electron chi connectivity index (χ3n) is 12.0. The summed E-state index contributed by atoms with van der Waals surface area (Å²) >= 11 is 0. The maximum atomic E-state index is 3.88. The maximum Gasteiger partial charge on any atom is 0.0547 e. The molecule has 1 heterocycles. The van der Waals surface area contributed by atoms with E-state index >= 15 is 0 Å². The lowest BCUT2D eigenvalue weighted by atomic mass is 9.92. The van der Waals surface area contributed by atoms with Crippen LogP contribution in [0.5, 0.6) is 0 Å². The van der Waals surface area contributed by atoms with Crippen molar-refractivity contribution in [1.82, 2.24) is 4.57 Å². The number of hydrogen-bond acceptors (Lipinski definition) is 2. The highest BCUT2D eigenvalue weighted by Crippen LogP contribution is 2.43. The molecule has 298 valence electrons. The Morgan fingerprint density at radius 2 is 0.778 bits per heavy atom. The Morgan fingerprint density at radius 3 is 1.57 bits per heavy atom. The van der Waals surface area contributed by atoms with Gasteiger partial charge in [-0.25, -0.2) is 0 Å². The van der Waals surface area contributed by atoms with Gasteiger partial charge in [0.1, 0.15) is 0 Å². The molecule has 0 radical (unpaired) electrons. The van der Waals surface area contributed by atoms with Gasteiger partial charge in [-0.3, -0.25) is 0 Å². The van der Waals surface area contributed by atoms with E-state index in [4.69, 9.17) is 0 Å². The second-order valence-electron chi connectivity index (χ2n) is 15.9. The van der Waals surface area contributed by atoms with Crippen molar-refractivity contribution in [3.63, 3.8) is 0 Å². The van der Waals surface area contributed by atoms with Crippen LogP contribution in [-0.4, -0.2) is 4.57 Å². The maximum absolute atomic E-state index is 3.88. The average Bonchev–Trinajstić information content (AvgIpc) is 3.70. The highest BCUT2D eigenvalue weighted by molar-refractivity contribution is 6.17. The summed E-state index contributed by atoms with van der Waals surface area (Å²) in [6, 6.07) is 88.9. The smallest absolute Gasteiger partial charge is 0.0547 e. The minimum absolute atomic E-state index is 1.03. The second kappa shape index (κ2) is 16.6. The summed E-state index contributed by atoms with van der Waals surface area (Å²) in [4.78, 5) is 0. The number of para-hydroxylation sites is 3. The summed E-state index contributed by atoms with van der Waals surface area (Å²) in [7, 11) is 0. The van der Waals surface area contributed by atoms with Crippen LogP contribution in [0.25, 0.3) is 83.1 Å². The summed E-state index contributed by atoms with van der Waals surface area (Å²) in [5.74, 6) is 0. The zero-order chi connectivity index (χ0) is 42.0. The first kappa shape index (κ1) is 37.6. The van der Waals surface area contributed by atoms with Gasteiger partial charge in [0.05, 0.1) is 11.0 Å². The van der Waals surface area contributed by atoms with Crippen molar-refractivity contribution in [2.24, 2.45) is 0 Å². The van der Waals surface area contributed by atoms with Gasteiger partial charge in [0.2, 0.25) is 0 Å². The van der Waals surface area contributed by atoms with Crippen molar-refractivity contribution in [3.05, 3.63) is 249 Å². The monoisotopic (exact) mass is 805 g/mol. The predicted octanol–water partition coefficient (Wildman–Crippen LogP) is 16.6. The van der Waals surface area contributed by atoms with Gasteiger partial charge in [0.15, 0.2) is 0 Å². The summed E-state index contributed by atoms with van der Waals surface area (Å²) in [5.41, 5.74) is 19.3. The zero-order valence-electron chi connectivity index (χ0n) is 34.6. The van der Waals surface area contributed by atoms with Crippen LogP contribution in [-0.2, 0) is 0 Å². The molecule has 2 N–H and O–H groups in total. The Bertz CT molecular complexity index is 3370. The fraction of sp³-hybridized carbons (Fsp3) is 0. The number of fused-ring (bicyclic) bond motifs is 3. The second-order valence-corrected chi connectivity index (χ2v) is 15.9. The number of hydrogen-bond donors (Lipinski definition) is 2. The molecule has 0 spiro atoms. The summed E-state index contributed by atoms with van der Waals surface area (Å²) < 4.78 is 2.39. The summed E-state index contributed by atoms with van der Waals surface area (Å²) in [6.45, 7) is 0. The number of nitrogens with zero attached hydrogens (tertiary/aromatic N) is 1. The van der Waals surface area contributed by atoms with Gasteiger partial charge in [-0.05, 0) is 117 Å². The van der Waals surface area contributed by atoms with Gasteiger partial charge in [-0.1, -0.05) is 176 Å². The largest absolute Gasteiger partial charge is 0.355 e. The molecule has 0 aliphatic carbocycles. The highest BCUT2D eigenvalue weighted by Gasteiger charge is 2.19. The minimum Gasteiger partial charge on any atom is -0.355 e. The lowest BCUT2D eigenvalue weighted by Gasteiger charge is -2.17. The van der Waals surface area contributed by atoms with Crippen molar-refractivity contribution in [2.45, 2.75) is 0 Å². The van der Waals surface area contributed by atoms with Gasteiger partial charge < -0.3 is 15.2 Å². The normalized spacial score (nSPS) is 11.2. The number of benzene rings is 10. The first-order valence-corrected chi connectivity index (χ1v) is 21.5. The van der Waals surface area contributed by atoms with Crippen molar-refractivity contribution in [1.29, 1.82) is 0 Å². The van der Waals surface area contributed by atoms with E-state index in [2.05, 4.69) is 264 Å². The lowest BCUT2D eigenvalue weighted by Crippen LogP contribution is -1.96. The van der Waals surface area contributed by atoms with Crippen molar-refractivity contribution in [2.75, 3.05) is 10.6 Å². The Morgan fingerprint density at radius 1 is 0.270 bits per heavy atom. The molecule has 0 bridgehead atoms. The molecule has 63 heavy (non-hydrogen) atoms. The van der Waals surface area contributed by atoms with Crippen molar-refractivity contribution >= 4 is 44.6 Å². The van der Waals surface area contributed by atoms with Gasteiger partial charge in [0, 0.05) is 50.3 Å². The molecule has 0 aliphatic rings. The molecule has 0 unspecified atom stereocenters. The van der Waals surface area contributed by atoms with Crippen molar-refractivity contribution < 1.29 is 0 Å². The number of rotatable bonds is 10. The molecule has 0 amide bonds. The van der Waals surface area contributed by atoms with Crippen molar-refractivity contribution in [3.8, 4) is 61.3 Å². The first-order valence-electron chi connectivity index (χ1n) is 21.5. The minimum atomic E-state index is 1.03. The highest BCUT2D eigenvalue weighted by atomic mass is 15.0. The quantitative estimate of drug-likeness (QED) is 0.144. The van der Waals surface area contributed by atoms with Crippen LogP contribution in [0.4, 0.5) is 22.7 Å². The standard InChI is InChI=1S/C60H43N3/c1-4-17-42(18-5-1)44-33-36-49(37-34-44)61-56-30-12-10-27-52(56)48-23-14-21-45(39-48)47-35-38-57(62-50-24-15-22-46(40-50)43-19-6-2-7-20-43)55(41-47)53-29-16-32-59-60(53)54-28-11-13-31-58(54)63(59)51-25-8-3-9-26-51/h1-41,61-62H. The van der Waals surface area contributed by atoms with Crippen LogP contribution in [0, 0.1) is 0 Å². The molecule has 10 aromatic carbocycles. The Kier molecular flexibility index (Phi) is 9.89. The third-order valence-corrected chi connectivity index (χ3v) is 12.0. The van der Waals surface area contributed by atoms with Gasteiger partial charge in [0.25, 0.3) is 0 Å². The molecule has 0 aliphatic heterocycles. The lowest BCUT2D eigenvalue weighted by molar-refractivity contribution is 1.18. The average molecular weight is 806 g/mol. The summed E-state index contributed by atoms with van der Waals surface area (Å²) in [6.07, 6.45) is 0. The van der Waals surface area contributed by atoms with E-state index in [1.165, 1.54) is 49.6 Å². The van der Waals surface area contributed by atoms with E-state index in [0.29, 0.717) is 0 Å². The molecule has 3 nitrogen and oxygen atoms in total. The molecule has 0 fully saturated rings. The molecule has 3 heteroatoms. The molecule has 0 saturated carbocycles. The molecular weight excluding hydrogens is 763 g/mol.